The average molecular weight is 328 g/mol. The number of hydrogen-bond acceptors (Lipinski definition) is 5. The van der Waals surface area contributed by atoms with Crippen LogP contribution in [0.15, 0.2) is 0 Å². The highest BCUT2D eigenvalue weighted by Crippen LogP contribution is 2.22. The van der Waals surface area contributed by atoms with Crippen LogP contribution in [0.2, 0.25) is 0 Å². The van der Waals surface area contributed by atoms with Gasteiger partial charge in [0.05, 0.1) is 12.0 Å². The van der Waals surface area contributed by atoms with Gasteiger partial charge in [-0.2, -0.15) is 0 Å². The Bertz CT molecular complexity index is 476. The highest BCUT2D eigenvalue weighted by Gasteiger charge is 2.41. The molecule has 1 saturated heterocycles. The van der Waals surface area contributed by atoms with Gasteiger partial charge in [-0.3, -0.25) is 9.69 Å². The smallest absolute Gasteiger partial charge is 0.410 e. The summed E-state index contributed by atoms with van der Waals surface area (Å²) in [4.78, 5) is 37.4. The summed E-state index contributed by atoms with van der Waals surface area (Å²) in [6.45, 7) is 12.6. The molecule has 1 rings (SSSR count). The first-order valence-electron chi connectivity index (χ1n) is 7.80. The number of amides is 2. The van der Waals surface area contributed by atoms with E-state index < -0.39 is 35.3 Å². The molecule has 1 heterocycles. The standard InChI is InChI=1S/C16H28N2O5/c1-10-12(19)11(8-17-13(20)22-15(2,3)4)9-18(10)14(21)23-16(5,6)7/h10-11H,8-9H2,1-7H3,(H,17,20)/t10-,11?/m1/s1. The van der Waals surface area contributed by atoms with Gasteiger partial charge in [-0.1, -0.05) is 0 Å². The van der Waals surface area contributed by atoms with Crippen LogP contribution in [0.5, 0.6) is 0 Å². The minimum atomic E-state index is -0.618. The lowest BCUT2D eigenvalue weighted by atomic mass is 10.1. The molecule has 0 saturated carbocycles. The van der Waals surface area contributed by atoms with E-state index in [-0.39, 0.29) is 18.9 Å². The molecule has 1 aliphatic heterocycles. The Kier molecular flexibility index (Phi) is 5.66. The molecule has 0 bridgehead atoms. The maximum atomic E-state index is 12.2. The number of Topliss-reactive ketones (excluding diaryl/α,β-unsaturated/α-hetero) is 1. The van der Waals surface area contributed by atoms with Crippen molar-refractivity contribution in [1.82, 2.24) is 10.2 Å². The van der Waals surface area contributed by atoms with Gasteiger partial charge in [0.1, 0.15) is 11.2 Å². The number of ketones is 1. The molecule has 0 aromatic heterocycles. The molecule has 0 spiro atoms. The average Bonchev–Trinajstić information content (AvgIpc) is 2.60. The third-order valence-electron chi connectivity index (χ3n) is 3.22. The molecule has 1 N–H and O–H groups in total. The number of likely N-dealkylation sites (tertiary alicyclic amines) is 1. The molecule has 132 valence electrons. The minimum Gasteiger partial charge on any atom is -0.444 e. The molecular formula is C16H28N2O5. The van der Waals surface area contributed by atoms with Gasteiger partial charge in [0.15, 0.2) is 5.78 Å². The molecule has 2 atom stereocenters. The molecule has 1 fully saturated rings. The number of nitrogens with one attached hydrogen (secondary N) is 1. The summed E-state index contributed by atoms with van der Waals surface area (Å²) in [6.07, 6.45) is -1.09. The summed E-state index contributed by atoms with van der Waals surface area (Å²) in [6, 6.07) is -0.560. The van der Waals surface area contributed by atoms with Crippen molar-refractivity contribution in [3.63, 3.8) is 0 Å². The van der Waals surface area contributed by atoms with Gasteiger partial charge in [-0.15, -0.1) is 0 Å². The van der Waals surface area contributed by atoms with Crippen LogP contribution in [-0.2, 0) is 14.3 Å². The first-order chi connectivity index (χ1) is 10.3. The van der Waals surface area contributed by atoms with Crippen molar-refractivity contribution in [1.29, 1.82) is 0 Å². The van der Waals surface area contributed by atoms with E-state index in [1.54, 1.807) is 48.5 Å². The monoisotopic (exact) mass is 328 g/mol. The molecule has 0 aromatic rings. The molecule has 23 heavy (non-hydrogen) atoms. The van der Waals surface area contributed by atoms with E-state index >= 15 is 0 Å². The Balaban J connectivity index is 2.58. The summed E-state index contributed by atoms with van der Waals surface area (Å²) in [5.41, 5.74) is -1.22. The normalized spacial score (nSPS) is 22.0. The Morgan fingerprint density at radius 2 is 1.65 bits per heavy atom. The first-order valence-corrected chi connectivity index (χ1v) is 7.80. The van der Waals surface area contributed by atoms with Crippen molar-refractivity contribution in [2.24, 2.45) is 5.92 Å². The van der Waals surface area contributed by atoms with E-state index in [1.165, 1.54) is 4.90 Å². The molecule has 1 unspecified atom stereocenters. The Hall–Kier alpha value is -1.79. The Labute approximate surface area is 137 Å². The van der Waals surface area contributed by atoms with Crippen LogP contribution in [0.3, 0.4) is 0 Å². The van der Waals surface area contributed by atoms with Crippen LogP contribution in [-0.4, -0.2) is 53.2 Å². The summed E-state index contributed by atoms with van der Waals surface area (Å²) >= 11 is 0. The zero-order chi connectivity index (χ0) is 18.0. The van der Waals surface area contributed by atoms with Crippen molar-refractivity contribution >= 4 is 18.0 Å². The predicted octanol–water partition coefficient (Wildman–Crippen LogP) is 2.34. The highest BCUT2D eigenvalue weighted by molar-refractivity contribution is 5.92. The van der Waals surface area contributed by atoms with E-state index in [9.17, 15) is 14.4 Å². The van der Waals surface area contributed by atoms with Crippen molar-refractivity contribution < 1.29 is 23.9 Å². The Morgan fingerprint density at radius 1 is 1.13 bits per heavy atom. The van der Waals surface area contributed by atoms with Crippen LogP contribution < -0.4 is 5.32 Å². The highest BCUT2D eigenvalue weighted by atomic mass is 16.6. The molecule has 2 amide bonds. The lowest BCUT2D eigenvalue weighted by Gasteiger charge is -2.26. The van der Waals surface area contributed by atoms with Gasteiger partial charge >= 0.3 is 12.2 Å². The van der Waals surface area contributed by atoms with E-state index in [1.807, 2.05) is 0 Å². The van der Waals surface area contributed by atoms with Gasteiger partial charge in [0, 0.05) is 13.1 Å². The largest absolute Gasteiger partial charge is 0.444 e. The molecule has 7 heteroatoms. The number of carbonyl (C=O) groups is 3. The number of carbonyl (C=O) groups excluding carboxylic acids is 3. The third kappa shape index (κ3) is 6.08. The number of rotatable bonds is 2. The van der Waals surface area contributed by atoms with Crippen molar-refractivity contribution in [2.45, 2.75) is 65.7 Å². The molecule has 0 aliphatic carbocycles. The maximum Gasteiger partial charge on any atom is 0.410 e. The van der Waals surface area contributed by atoms with Crippen molar-refractivity contribution in [3.05, 3.63) is 0 Å². The van der Waals surface area contributed by atoms with E-state index in [0.29, 0.717) is 0 Å². The number of nitrogens with zero attached hydrogens (tertiary/aromatic N) is 1. The van der Waals surface area contributed by atoms with Gasteiger partial charge < -0.3 is 14.8 Å². The fraction of sp³-hybridized carbons (Fsp3) is 0.812. The van der Waals surface area contributed by atoms with Crippen LogP contribution in [0.25, 0.3) is 0 Å². The second-order valence-corrected chi connectivity index (χ2v) is 7.79. The van der Waals surface area contributed by atoms with Gasteiger partial charge in [0.2, 0.25) is 0 Å². The maximum absolute atomic E-state index is 12.2. The second kappa shape index (κ2) is 6.76. The lowest BCUT2D eigenvalue weighted by Crippen LogP contribution is -2.40. The quantitative estimate of drug-likeness (QED) is 0.841. The van der Waals surface area contributed by atoms with Crippen LogP contribution in [0, 0.1) is 5.92 Å². The minimum absolute atomic E-state index is 0.0908. The second-order valence-electron chi connectivity index (χ2n) is 7.79. The third-order valence-corrected chi connectivity index (χ3v) is 3.22. The van der Waals surface area contributed by atoms with E-state index in [4.69, 9.17) is 9.47 Å². The van der Waals surface area contributed by atoms with Crippen LogP contribution in [0.4, 0.5) is 9.59 Å². The van der Waals surface area contributed by atoms with E-state index in [0.717, 1.165) is 0 Å². The van der Waals surface area contributed by atoms with Crippen LogP contribution in [0.1, 0.15) is 48.5 Å². The van der Waals surface area contributed by atoms with Crippen molar-refractivity contribution in [3.8, 4) is 0 Å². The number of ether oxygens (including phenoxy) is 2. The molecule has 1 aliphatic rings. The fourth-order valence-corrected chi connectivity index (χ4v) is 2.22. The Morgan fingerprint density at radius 3 is 2.13 bits per heavy atom. The predicted molar refractivity (Wildman–Crippen MR) is 85.1 cm³/mol. The zero-order valence-corrected chi connectivity index (χ0v) is 15.1. The van der Waals surface area contributed by atoms with Gasteiger partial charge in [-0.05, 0) is 48.5 Å². The SMILES string of the molecule is C[C@@H]1C(=O)C(CNC(=O)OC(C)(C)C)CN1C(=O)OC(C)(C)C. The number of hydrogen-bond donors (Lipinski definition) is 1. The first kappa shape index (κ1) is 19.3. The van der Waals surface area contributed by atoms with Crippen LogP contribution >= 0.6 is 0 Å². The topological polar surface area (TPSA) is 84.9 Å². The molecule has 7 nitrogen and oxygen atoms in total. The lowest BCUT2D eigenvalue weighted by molar-refractivity contribution is -0.122. The summed E-state index contributed by atoms with van der Waals surface area (Å²) < 4.78 is 10.4. The number of alkyl carbamates (subject to hydrolysis) is 1. The summed E-state index contributed by atoms with van der Waals surface area (Å²) in [5.74, 6) is -0.544. The molecular weight excluding hydrogens is 300 g/mol. The van der Waals surface area contributed by atoms with Gasteiger partial charge in [-0.25, -0.2) is 9.59 Å². The zero-order valence-electron chi connectivity index (χ0n) is 15.1. The summed E-state index contributed by atoms with van der Waals surface area (Å²) in [5, 5.41) is 2.58. The fourth-order valence-electron chi connectivity index (χ4n) is 2.22. The van der Waals surface area contributed by atoms with E-state index in [2.05, 4.69) is 5.32 Å². The summed E-state index contributed by atoms with van der Waals surface area (Å²) in [7, 11) is 0. The van der Waals surface area contributed by atoms with Crippen molar-refractivity contribution in [2.75, 3.05) is 13.1 Å². The van der Waals surface area contributed by atoms with Gasteiger partial charge in [0.25, 0.3) is 0 Å². The molecule has 0 aromatic carbocycles. The molecule has 0 radical (unpaired) electrons.